The molecule has 0 aliphatic rings. The van der Waals surface area contributed by atoms with Crippen molar-refractivity contribution in [1.29, 1.82) is 0 Å². The first-order valence-corrected chi connectivity index (χ1v) is 4.94. The van der Waals surface area contributed by atoms with E-state index >= 15 is 0 Å². The molecule has 0 fully saturated rings. The van der Waals surface area contributed by atoms with Gasteiger partial charge in [0.2, 0.25) is 0 Å². The maximum absolute atomic E-state index is 11.9. The molecule has 1 rings (SSSR count). The summed E-state index contributed by atoms with van der Waals surface area (Å²) in [4.78, 5) is 13.5. The maximum atomic E-state index is 11.9. The van der Waals surface area contributed by atoms with Crippen LogP contribution in [0.3, 0.4) is 0 Å². The molecule has 2 N–H and O–H groups in total. The van der Waals surface area contributed by atoms with E-state index in [1.54, 1.807) is 24.9 Å². The van der Waals surface area contributed by atoms with Gasteiger partial charge in [0, 0.05) is 19.3 Å². The van der Waals surface area contributed by atoms with E-state index in [-0.39, 0.29) is 5.91 Å². The molecule has 0 atom stereocenters. The minimum atomic E-state index is -0.880. The predicted molar refractivity (Wildman–Crippen MR) is 56.5 cm³/mol. The lowest BCUT2D eigenvalue weighted by atomic mass is 10.1. The van der Waals surface area contributed by atoms with E-state index in [1.165, 1.54) is 6.20 Å². The van der Waals surface area contributed by atoms with Gasteiger partial charge in [-0.1, -0.05) is 0 Å². The molecule has 0 aromatic carbocycles. The Kier molecular flexibility index (Phi) is 3.47. The number of aliphatic hydroxyl groups is 1. The Bertz CT molecular complexity index is 314. The van der Waals surface area contributed by atoms with Crippen LogP contribution in [0, 0.1) is 0 Å². The molecule has 0 spiro atoms. The van der Waals surface area contributed by atoms with Gasteiger partial charge in [-0.2, -0.15) is 5.10 Å². The number of carbonyl (C=O) groups is 1. The molecule has 5 nitrogen and oxygen atoms in total. The minimum absolute atomic E-state index is 0.117. The fourth-order valence-electron chi connectivity index (χ4n) is 1.34. The van der Waals surface area contributed by atoms with Crippen molar-refractivity contribution in [2.24, 2.45) is 0 Å². The van der Waals surface area contributed by atoms with E-state index in [2.05, 4.69) is 10.2 Å². The van der Waals surface area contributed by atoms with Crippen LogP contribution in [0.5, 0.6) is 0 Å². The second kappa shape index (κ2) is 4.44. The van der Waals surface area contributed by atoms with Gasteiger partial charge in [0.25, 0.3) is 5.91 Å². The molecule has 0 saturated heterocycles. The van der Waals surface area contributed by atoms with Crippen molar-refractivity contribution in [3.63, 3.8) is 0 Å². The van der Waals surface area contributed by atoms with Crippen molar-refractivity contribution < 1.29 is 9.90 Å². The highest BCUT2D eigenvalue weighted by molar-refractivity contribution is 5.93. The van der Waals surface area contributed by atoms with Crippen LogP contribution < -0.4 is 0 Å². The van der Waals surface area contributed by atoms with Crippen LogP contribution in [0.15, 0.2) is 12.4 Å². The number of nitrogens with zero attached hydrogens (tertiary/aromatic N) is 2. The second-order valence-corrected chi connectivity index (χ2v) is 4.12. The van der Waals surface area contributed by atoms with Crippen LogP contribution in [0.2, 0.25) is 0 Å². The first kappa shape index (κ1) is 11.7. The molecule has 1 aromatic heterocycles. The van der Waals surface area contributed by atoms with Crippen LogP contribution >= 0.6 is 0 Å². The van der Waals surface area contributed by atoms with E-state index in [0.29, 0.717) is 18.7 Å². The molecule has 0 unspecified atom stereocenters. The maximum Gasteiger partial charge on any atom is 0.257 e. The average molecular weight is 211 g/mol. The van der Waals surface area contributed by atoms with Gasteiger partial charge in [-0.25, -0.2) is 0 Å². The number of hydrogen-bond donors (Lipinski definition) is 2. The number of likely N-dealkylation sites (N-methyl/N-ethyl adjacent to an activating group) is 1. The molecule has 5 heteroatoms. The van der Waals surface area contributed by atoms with Gasteiger partial charge in [-0.3, -0.25) is 9.89 Å². The second-order valence-electron chi connectivity index (χ2n) is 4.12. The number of amides is 1. The fourth-order valence-corrected chi connectivity index (χ4v) is 1.34. The monoisotopic (exact) mass is 211 g/mol. The highest BCUT2D eigenvalue weighted by atomic mass is 16.3. The largest absolute Gasteiger partial charge is 0.389 e. The SMILES string of the molecule is CCN(CC(C)(C)O)C(=O)c1cn[nH]c1. The number of aromatic amines is 1. The molecule has 1 heterocycles. The normalized spacial score (nSPS) is 11.5. The summed E-state index contributed by atoms with van der Waals surface area (Å²) < 4.78 is 0. The third-order valence-electron chi connectivity index (χ3n) is 1.99. The first-order valence-electron chi connectivity index (χ1n) is 4.94. The lowest BCUT2D eigenvalue weighted by Crippen LogP contribution is -2.42. The van der Waals surface area contributed by atoms with E-state index in [9.17, 15) is 9.90 Å². The summed E-state index contributed by atoms with van der Waals surface area (Å²) in [5, 5.41) is 16.0. The third kappa shape index (κ3) is 3.36. The smallest absolute Gasteiger partial charge is 0.257 e. The van der Waals surface area contributed by atoms with Crippen molar-refractivity contribution >= 4 is 5.91 Å². The minimum Gasteiger partial charge on any atom is -0.389 e. The molecule has 1 amide bonds. The fraction of sp³-hybridized carbons (Fsp3) is 0.600. The topological polar surface area (TPSA) is 69.2 Å². The highest BCUT2D eigenvalue weighted by Crippen LogP contribution is 2.08. The summed E-state index contributed by atoms with van der Waals surface area (Å²) in [6, 6.07) is 0. The number of nitrogens with one attached hydrogen (secondary N) is 1. The van der Waals surface area contributed by atoms with Gasteiger partial charge in [0.15, 0.2) is 0 Å². The Labute approximate surface area is 89.1 Å². The van der Waals surface area contributed by atoms with E-state index in [1.807, 2.05) is 6.92 Å². The summed E-state index contributed by atoms with van der Waals surface area (Å²) in [6.07, 6.45) is 3.03. The van der Waals surface area contributed by atoms with Crippen molar-refractivity contribution in [2.45, 2.75) is 26.4 Å². The predicted octanol–water partition coefficient (Wildman–Crippen LogP) is 0.643. The Balaban J connectivity index is 2.72. The van der Waals surface area contributed by atoms with E-state index < -0.39 is 5.60 Å². The van der Waals surface area contributed by atoms with Gasteiger partial charge in [-0.05, 0) is 20.8 Å². The summed E-state index contributed by atoms with van der Waals surface area (Å²) >= 11 is 0. The molecule has 0 aliphatic carbocycles. The molecule has 15 heavy (non-hydrogen) atoms. The molecule has 0 radical (unpaired) electrons. The Morgan fingerprint density at radius 3 is 2.73 bits per heavy atom. The Morgan fingerprint density at radius 1 is 1.67 bits per heavy atom. The van der Waals surface area contributed by atoms with Crippen LogP contribution in [0.25, 0.3) is 0 Å². The van der Waals surface area contributed by atoms with Gasteiger partial charge >= 0.3 is 0 Å². The summed E-state index contributed by atoms with van der Waals surface area (Å²) in [7, 11) is 0. The highest BCUT2D eigenvalue weighted by Gasteiger charge is 2.22. The van der Waals surface area contributed by atoms with Crippen molar-refractivity contribution in [1.82, 2.24) is 15.1 Å². The summed E-state index contributed by atoms with van der Waals surface area (Å²) in [5.74, 6) is -0.117. The Morgan fingerprint density at radius 2 is 2.33 bits per heavy atom. The molecule has 0 saturated carbocycles. The lowest BCUT2D eigenvalue weighted by molar-refractivity contribution is 0.0314. The number of rotatable bonds is 4. The first-order chi connectivity index (χ1) is 6.94. The molecule has 1 aromatic rings. The Hall–Kier alpha value is -1.36. The van der Waals surface area contributed by atoms with E-state index in [4.69, 9.17) is 0 Å². The third-order valence-corrected chi connectivity index (χ3v) is 1.99. The summed E-state index contributed by atoms with van der Waals surface area (Å²) in [6.45, 7) is 6.11. The molecular weight excluding hydrogens is 194 g/mol. The standard InChI is InChI=1S/C10H17N3O2/c1-4-13(7-10(2,3)15)9(14)8-5-11-12-6-8/h5-6,15H,4,7H2,1-3H3,(H,11,12). The number of aromatic nitrogens is 2. The lowest BCUT2D eigenvalue weighted by Gasteiger charge is -2.27. The van der Waals surface area contributed by atoms with E-state index in [0.717, 1.165) is 0 Å². The van der Waals surface area contributed by atoms with Gasteiger partial charge in [0.1, 0.15) is 0 Å². The quantitative estimate of drug-likeness (QED) is 0.768. The van der Waals surface area contributed by atoms with Gasteiger partial charge < -0.3 is 10.0 Å². The van der Waals surface area contributed by atoms with Gasteiger partial charge in [-0.15, -0.1) is 0 Å². The zero-order chi connectivity index (χ0) is 11.5. The summed E-state index contributed by atoms with van der Waals surface area (Å²) in [5.41, 5.74) is -0.365. The molecule has 0 aliphatic heterocycles. The van der Waals surface area contributed by atoms with Crippen molar-refractivity contribution in [3.8, 4) is 0 Å². The molecule has 0 bridgehead atoms. The average Bonchev–Trinajstić information content (AvgIpc) is 2.64. The van der Waals surface area contributed by atoms with Gasteiger partial charge in [0.05, 0.1) is 17.4 Å². The van der Waals surface area contributed by atoms with Crippen LogP contribution in [0.1, 0.15) is 31.1 Å². The van der Waals surface area contributed by atoms with Crippen molar-refractivity contribution in [3.05, 3.63) is 18.0 Å². The zero-order valence-electron chi connectivity index (χ0n) is 9.32. The van der Waals surface area contributed by atoms with Crippen LogP contribution in [0.4, 0.5) is 0 Å². The number of H-pyrrole nitrogens is 1. The van der Waals surface area contributed by atoms with Crippen molar-refractivity contribution in [2.75, 3.05) is 13.1 Å². The number of carbonyl (C=O) groups excluding carboxylic acids is 1. The molecule has 84 valence electrons. The van der Waals surface area contributed by atoms with Crippen LogP contribution in [-0.2, 0) is 0 Å². The number of hydrogen-bond acceptors (Lipinski definition) is 3. The molecular formula is C10H17N3O2. The van der Waals surface area contributed by atoms with Crippen LogP contribution in [-0.4, -0.2) is 44.8 Å². The zero-order valence-corrected chi connectivity index (χ0v) is 9.32.